The predicted molar refractivity (Wildman–Crippen MR) is 42.4 cm³/mol. The summed E-state index contributed by atoms with van der Waals surface area (Å²) >= 11 is 0. The molecule has 1 rings (SSSR count). The van der Waals surface area contributed by atoms with Crippen LogP contribution in [0.15, 0.2) is 0 Å². The first-order valence-electron chi connectivity index (χ1n) is 3.90. The summed E-state index contributed by atoms with van der Waals surface area (Å²) in [5.41, 5.74) is 0. The average Bonchev–Trinajstić information content (AvgIpc) is 1.94. The molecule has 0 aromatic heterocycles. The molecule has 1 fully saturated rings. The molecule has 1 aliphatic rings. The molecule has 0 saturated carbocycles. The molecule has 0 aliphatic carbocycles. The fourth-order valence-corrected chi connectivity index (χ4v) is 0.909. The Balaban J connectivity index is 0. The largest absolute Gasteiger partial charge is 0.336 e. The number of rotatable bonds is 0. The molecule has 2 heteroatoms. The van der Waals surface area contributed by atoms with Gasteiger partial charge in [0.2, 0.25) is 0 Å². The van der Waals surface area contributed by atoms with Gasteiger partial charge in [-0.2, -0.15) is 6.42 Å². The van der Waals surface area contributed by atoms with Gasteiger partial charge in [0.25, 0.3) is 0 Å². The standard InChI is InChI=1S/C6H12N.C2H6.V/c1-7-5-3-2-4-6-7;1-2;/h3H,2,4-6H2,1H3;1-2H3;/q-1;;. The molecule has 1 radical (unpaired) electrons. The topological polar surface area (TPSA) is 3.24 Å². The minimum Gasteiger partial charge on any atom is -0.336 e. The Hall–Kier alpha value is 0.544. The minimum absolute atomic E-state index is 0. The van der Waals surface area contributed by atoms with Crippen molar-refractivity contribution >= 4 is 0 Å². The van der Waals surface area contributed by atoms with Crippen LogP contribution in [0.25, 0.3) is 0 Å². The molecule has 0 amide bonds. The number of piperidine rings is 1. The van der Waals surface area contributed by atoms with Gasteiger partial charge in [-0.15, -0.1) is 6.54 Å². The Morgan fingerprint density at radius 1 is 1.30 bits per heavy atom. The molecule has 0 unspecified atom stereocenters. The van der Waals surface area contributed by atoms with E-state index in [9.17, 15) is 0 Å². The minimum atomic E-state index is 0. The third-order valence-electron chi connectivity index (χ3n) is 1.39. The van der Waals surface area contributed by atoms with Gasteiger partial charge in [-0.05, 0) is 13.6 Å². The third kappa shape index (κ3) is 6.66. The second-order valence-electron chi connectivity index (χ2n) is 2.19. The summed E-state index contributed by atoms with van der Waals surface area (Å²) in [4.78, 5) is 2.34. The van der Waals surface area contributed by atoms with Crippen LogP contribution in [0.2, 0.25) is 0 Å². The van der Waals surface area contributed by atoms with Gasteiger partial charge in [-0.25, -0.2) is 0 Å². The quantitative estimate of drug-likeness (QED) is 0.514. The first-order valence-corrected chi connectivity index (χ1v) is 3.90. The van der Waals surface area contributed by atoms with E-state index in [1.807, 2.05) is 13.8 Å². The molecular formula is C8H18NV-. The Morgan fingerprint density at radius 3 is 2.10 bits per heavy atom. The summed E-state index contributed by atoms with van der Waals surface area (Å²) in [7, 11) is 2.16. The fraction of sp³-hybridized carbons (Fsp3) is 0.875. The second kappa shape index (κ2) is 9.54. The van der Waals surface area contributed by atoms with E-state index in [4.69, 9.17) is 0 Å². The Kier molecular flexibility index (Phi) is 12.6. The van der Waals surface area contributed by atoms with Crippen LogP contribution in [-0.2, 0) is 18.6 Å². The summed E-state index contributed by atoms with van der Waals surface area (Å²) in [6.45, 7) is 6.48. The van der Waals surface area contributed by atoms with Gasteiger partial charge in [0, 0.05) is 18.6 Å². The van der Waals surface area contributed by atoms with Crippen molar-refractivity contribution in [2.75, 3.05) is 20.1 Å². The first-order chi connectivity index (χ1) is 4.39. The zero-order valence-electron chi connectivity index (χ0n) is 7.30. The van der Waals surface area contributed by atoms with Crippen molar-refractivity contribution in [2.45, 2.75) is 26.7 Å². The van der Waals surface area contributed by atoms with Crippen molar-refractivity contribution in [2.24, 2.45) is 0 Å². The van der Waals surface area contributed by atoms with Gasteiger partial charge in [0.1, 0.15) is 0 Å². The number of likely N-dealkylation sites (tertiary alicyclic amines) is 1. The molecule has 0 bridgehead atoms. The van der Waals surface area contributed by atoms with Crippen molar-refractivity contribution in [1.82, 2.24) is 4.90 Å². The zero-order chi connectivity index (χ0) is 7.11. The van der Waals surface area contributed by atoms with Gasteiger partial charge >= 0.3 is 0 Å². The Labute approximate surface area is 77.1 Å². The van der Waals surface area contributed by atoms with Crippen molar-refractivity contribution in [3.63, 3.8) is 0 Å². The second-order valence-corrected chi connectivity index (χ2v) is 2.19. The normalized spacial score (nSPS) is 18.3. The summed E-state index contributed by atoms with van der Waals surface area (Å²) in [5, 5.41) is 0. The fourth-order valence-electron chi connectivity index (χ4n) is 0.909. The van der Waals surface area contributed by atoms with Crippen LogP contribution in [0.1, 0.15) is 26.7 Å². The Bertz CT molecular complexity index is 51.2. The van der Waals surface area contributed by atoms with E-state index in [0.717, 1.165) is 0 Å². The summed E-state index contributed by atoms with van der Waals surface area (Å²) < 4.78 is 0. The van der Waals surface area contributed by atoms with Crippen molar-refractivity contribution in [3.8, 4) is 0 Å². The molecule has 1 aliphatic heterocycles. The molecular weight excluding hydrogens is 161 g/mol. The van der Waals surface area contributed by atoms with Crippen molar-refractivity contribution < 1.29 is 18.6 Å². The summed E-state index contributed by atoms with van der Waals surface area (Å²) in [6, 6.07) is 0. The van der Waals surface area contributed by atoms with Crippen LogP contribution in [0, 0.1) is 6.42 Å². The Morgan fingerprint density at radius 2 is 1.90 bits per heavy atom. The number of nitrogens with zero attached hydrogens (tertiary/aromatic N) is 1. The van der Waals surface area contributed by atoms with E-state index in [1.54, 1.807) is 0 Å². The monoisotopic (exact) mass is 179 g/mol. The van der Waals surface area contributed by atoms with E-state index < -0.39 is 0 Å². The molecule has 0 aromatic rings. The molecule has 0 aromatic carbocycles. The molecule has 0 atom stereocenters. The van der Waals surface area contributed by atoms with Crippen LogP contribution < -0.4 is 0 Å². The molecule has 0 N–H and O–H groups in total. The molecule has 61 valence electrons. The molecule has 1 nitrogen and oxygen atoms in total. The van der Waals surface area contributed by atoms with E-state index >= 15 is 0 Å². The van der Waals surface area contributed by atoms with Gasteiger partial charge in [0.05, 0.1) is 0 Å². The maximum atomic E-state index is 2.34. The molecule has 0 spiro atoms. The first kappa shape index (κ1) is 13.2. The number of hydrogen-bond acceptors (Lipinski definition) is 1. The van der Waals surface area contributed by atoms with Crippen LogP contribution >= 0.6 is 0 Å². The smallest absolute Gasteiger partial charge is 0 e. The van der Waals surface area contributed by atoms with Gasteiger partial charge in [-0.1, -0.05) is 20.3 Å². The van der Waals surface area contributed by atoms with Crippen molar-refractivity contribution in [3.05, 3.63) is 6.42 Å². The van der Waals surface area contributed by atoms with Gasteiger partial charge in [0.15, 0.2) is 0 Å². The molecule has 1 saturated heterocycles. The SMILES string of the molecule is CC.CN1C[CH-]CCC1.[V]. The maximum Gasteiger partial charge on any atom is 0 e. The molecule has 10 heavy (non-hydrogen) atoms. The van der Waals surface area contributed by atoms with Gasteiger partial charge < -0.3 is 11.3 Å². The third-order valence-corrected chi connectivity index (χ3v) is 1.39. The van der Waals surface area contributed by atoms with E-state index in [2.05, 4.69) is 18.4 Å². The predicted octanol–water partition coefficient (Wildman–Crippen LogP) is 1.94. The summed E-state index contributed by atoms with van der Waals surface area (Å²) in [5.74, 6) is 0. The maximum absolute atomic E-state index is 2.34. The van der Waals surface area contributed by atoms with Crippen LogP contribution in [0.3, 0.4) is 0 Å². The van der Waals surface area contributed by atoms with Crippen molar-refractivity contribution in [1.29, 1.82) is 0 Å². The average molecular weight is 179 g/mol. The van der Waals surface area contributed by atoms with E-state index in [-0.39, 0.29) is 18.6 Å². The van der Waals surface area contributed by atoms with E-state index in [1.165, 1.54) is 25.9 Å². The number of hydrogen-bond donors (Lipinski definition) is 0. The molecule has 1 heterocycles. The van der Waals surface area contributed by atoms with E-state index in [0.29, 0.717) is 0 Å². The summed E-state index contributed by atoms with van der Waals surface area (Å²) in [6.07, 6.45) is 5.02. The van der Waals surface area contributed by atoms with Crippen LogP contribution in [-0.4, -0.2) is 25.0 Å². The van der Waals surface area contributed by atoms with Gasteiger partial charge in [-0.3, -0.25) is 0 Å². The zero-order valence-corrected chi connectivity index (χ0v) is 8.70. The van der Waals surface area contributed by atoms with Crippen LogP contribution in [0.4, 0.5) is 0 Å². The van der Waals surface area contributed by atoms with Crippen LogP contribution in [0.5, 0.6) is 0 Å².